The molecule has 0 amide bonds. The summed E-state index contributed by atoms with van der Waals surface area (Å²) >= 11 is 13.8. The Hall–Kier alpha value is -0.710. The van der Waals surface area contributed by atoms with Gasteiger partial charge in [-0.05, 0) is 30.5 Å². The molecule has 3 nitrogen and oxygen atoms in total. The topological polar surface area (TPSA) is 30.7 Å². The lowest BCUT2D eigenvalue weighted by Gasteiger charge is -2.20. The van der Waals surface area contributed by atoms with Crippen LogP contribution in [0.4, 0.5) is 0 Å². The number of thioether (sulfide) groups is 1. The van der Waals surface area contributed by atoms with E-state index in [1.165, 1.54) is 32.1 Å². The second-order valence-corrected chi connectivity index (χ2v) is 7.55. The zero-order chi connectivity index (χ0) is 15.5. The molecule has 0 unspecified atom stereocenters. The molecule has 118 valence electrons. The summed E-state index contributed by atoms with van der Waals surface area (Å²) < 4.78 is 2.14. The molecule has 0 aliphatic heterocycles. The fourth-order valence-corrected chi connectivity index (χ4v) is 4.43. The first-order chi connectivity index (χ1) is 10.6. The summed E-state index contributed by atoms with van der Waals surface area (Å²) in [7, 11) is 2.07. The number of nitrogens with zero attached hydrogens (tertiary/aromatic N) is 3. The highest BCUT2D eigenvalue weighted by Crippen LogP contribution is 2.33. The average molecular weight is 356 g/mol. The Balaban J connectivity index is 1.69. The van der Waals surface area contributed by atoms with E-state index in [1.807, 2.05) is 12.1 Å². The van der Waals surface area contributed by atoms with E-state index in [1.54, 1.807) is 17.8 Å². The van der Waals surface area contributed by atoms with Crippen LogP contribution in [-0.4, -0.2) is 14.8 Å². The van der Waals surface area contributed by atoms with Gasteiger partial charge in [0.25, 0.3) is 0 Å². The van der Waals surface area contributed by atoms with Gasteiger partial charge in [0, 0.05) is 28.8 Å². The molecule has 0 saturated heterocycles. The van der Waals surface area contributed by atoms with Gasteiger partial charge in [0.1, 0.15) is 5.82 Å². The van der Waals surface area contributed by atoms with Gasteiger partial charge in [-0.25, -0.2) is 0 Å². The highest BCUT2D eigenvalue weighted by atomic mass is 35.5. The van der Waals surface area contributed by atoms with Crippen molar-refractivity contribution in [3.05, 3.63) is 39.6 Å². The Kier molecular flexibility index (Phi) is 5.32. The molecule has 0 atom stereocenters. The van der Waals surface area contributed by atoms with Crippen LogP contribution >= 0.6 is 35.0 Å². The van der Waals surface area contributed by atoms with Crippen LogP contribution < -0.4 is 0 Å². The van der Waals surface area contributed by atoms with E-state index in [0.29, 0.717) is 16.0 Å². The summed E-state index contributed by atoms with van der Waals surface area (Å²) in [5.74, 6) is 2.47. The second-order valence-electron chi connectivity index (χ2n) is 5.76. The molecule has 0 radical (unpaired) electrons. The minimum Gasteiger partial charge on any atom is -0.309 e. The lowest BCUT2D eigenvalue weighted by Crippen LogP contribution is -2.10. The number of benzene rings is 1. The van der Waals surface area contributed by atoms with E-state index in [9.17, 15) is 0 Å². The van der Waals surface area contributed by atoms with Crippen LogP contribution in [0.5, 0.6) is 0 Å². The Labute approximate surface area is 145 Å². The molecule has 1 heterocycles. The van der Waals surface area contributed by atoms with Gasteiger partial charge in [-0.3, -0.25) is 0 Å². The molecule has 6 heteroatoms. The van der Waals surface area contributed by atoms with Crippen LogP contribution in [0.3, 0.4) is 0 Å². The summed E-state index contributed by atoms with van der Waals surface area (Å²) in [6.07, 6.45) is 6.44. The standard InChI is InChI=1S/C16H19Cl2N3S/c1-21-15(11-5-3-2-4-6-11)19-20-16(21)22-10-12-7-8-13(17)9-14(12)18/h7-9,11H,2-6,10H2,1H3. The van der Waals surface area contributed by atoms with Crippen molar-refractivity contribution in [1.29, 1.82) is 0 Å². The van der Waals surface area contributed by atoms with E-state index >= 15 is 0 Å². The van der Waals surface area contributed by atoms with Crippen molar-refractivity contribution < 1.29 is 0 Å². The van der Waals surface area contributed by atoms with Crippen molar-refractivity contribution in [2.45, 2.75) is 48.9 Å². The van der Waals surface area contributed by atoms with E-state index in [4.69, 9.17) is 23.2 Å². The molecular formula is C16H19Cl2N3S. The van der Waals surface area contributed by atoms with E-state index in [2.05, 4.69) is 21.8 Å². The van der Waals surface area contributed by atoms with Crippen LogP contribution in [0.1, 0.15) is 49.4 Å². The van der Waals surface area contributed by atoms with E-state index < -0.39 is 0 Å². The quantitative estimate of drug-likeness (QED) is 0.682. The molecule has 0 N–H and O–H groups in total. The van der Waals surface area contributed by atoms with Crippen molar-refractivity contribution >= 4 is 35.0 Å². The molecular weight excluding hydrogens is 337 g/mol. The molecule has 2 aromatic rings. The molecule has 0 spiro atoms. The van der Waals surface area contributed by atoms with Gasteiger partial charge in [0.15, 0.2) is 5.16 Å². The SMILES string of the molecule is Cn1c(SCc2ccc(Cl)cc2Cl)nnc1C1CCCCC1. The fourth-order valence-electron chi connectivity index (χ4n) is 2.95. The van der Waals surface area contributed by atoms with Crippen LogP contribution in [0.15, 0.2) is 23.4 Å². The Morgan fingerprint density at radius 3 is 2.68 bits per heavy atom. The van der Waals surface area contributed by atoms with Crippen LogP contribution in [0, 0.1) is 0 Å². The monoisotopic (exact) mass is 355 g/mol. The number of hydrogen-bond acceptors (Lipinski definition) is 3. The minimum absolute atomic E-state index is 0.569. The first kappa shape index (κ1) is 16.2. The molecule has 1 fully saturated rings. The van der Waals surface area contributed by atoms with Gasteiger partial charge in [0.2, 0.25) is 0 Å². The van der Waals surface area contributed by atoms with Crippen molar-refractivity contribution in [1.82, 2.24) is 14.8 Å². The van der Waals surface area contributed by atoms with Crippen molar-refractivity contribution in [3.63, 3.8) is 0 Å². The second kappa shape index (κ2) is 7.24. The molecule has 1 aliphatic rings. The lowest BCUT2D eigenvalue weighted by molar-refractivity contribution is 0.418. The third-order valence-electron chi connectivity index (χ3n) is 4.21. The number of rotatable bonds is 4. The smallest absolute Gasteiger partial charge is 0.191 e. The van der Waals surface area contributed by atoms with Gasteiger partial charge in [-0.1, -0.05) is 60.3 Å². The first-order valence-electron chi connectivity index (χ1n) is 7.61. The summed E-state index contributed by atoms with van der Waals surface area (Å²) in [6, 6.07) is 5.62. The maximum Gasteiger partial charge on any atom is 0.191 e. The zero-order valence-electron chi connectivity index (χ0n) is 12.6. The fraction of sp³-hybridized carbons (Fsp3) is 0.500. The first-order valence-corrected chi connectivity index (χ1v) is 9.35. The van der Waals surface area contributed by atoms with Crippen molar-refractivity contribution in [2.24, 2.45) is 7.05 Å². The molecule has 1 aromatic carbocycles. The maximum absolute atomic E-state index is 6.22. The third-order valence-corrected chi connectivity index (χ3v) is 5.87. The van der Waals surface area contributed by atoms with Crippen molar-refractivity contribution in [2.75, 3.05) is 0 Å². The Morgan fingerprint density at radius 1 is 1.18 bits per heavy atom. The number of hydrogen-bond donors (Lipinski definition) is 0. The molecule has 3 rings (SSSR count). The average Bonchev–Trinajstić information content (AvgIpc) is 2.88. The zero-order valence-corrected chi connectivity index (χ0v) is 14.9. The predicted molar refractivity (Wildman–Crippen MR) is 92.9 cm³/mol. The van der Waals surface area contributed by atoms with Crippen LogP contribution in [-0.2, 0) is 12.8 Å². The van der Waals surface area contributed by atoms with Gasteiger partial charge in [0.05, 0.1) is 0 Å². The van der Waals surface area contributed by atoms with E-state index in [0.717, 1.165) is 22.3 Å². The van der Waals surface area contributed by atoms with Gasteiger partial charge < -0.3 is 4.57 Å². The van der Waals surface area contributed by atoms with Crippen LogP contribution in [0.2, 0.25) is 10.0 Å². The third kappa shape index (κ3) is 3.61. The number of halogens is 2. The highest BCUT2D eigenvalue weighted by molar-refractivity contribution is 7.98. The summed E-state index contributed by atoms with van der Waals surface area (Å²) in [5.41, 5.74) is 1.07. The summed E-state index contributed by atoms with van der Waals surface area (Å²) in [6.45, 7) is 0. The van der Waals surface area contributed by atoms with Gasteiger partial charge in [-0.2, -0.15) is 0 Å². The lowest BCUT2D eigenvalue weighted by atomic mass is 9.89. The maximum atomic E-state index is 6.22. The number of aromatic nitrogens is 3. The minimum atomic E-state index is 0.569. The molecule has 0 bridgehead atoms. The molecule has 1 saturated carbocycles. The normalized spacial score (nSPS) is 16.1. The Bertz CT molecular complexity index is 651. The summed E-state index contributed by atoms with van der Waals surface area (Å²) in [4.78, 5) is 0. The predicted octanol–water partition coefficient (Wildman–Crippen LogP) is 5.46. The summed E-state index contributed by atoms with van der Waals surface area (Å²) in [5, 5.41) is 11.1. The molecule has 1 aliphatic carbocycles. The Morgan fingerprint density at radius 2 is 1.95 bits per heavy atom. The van der Waals surface area contributed by atoms with Crippen LogP contribution in [0.25, 0.3) is 0 Å². The molecule has 22 heavy (non-hydrogen) atoms. The van der Waals surface area contributed by atoms with Gasteiger partial charge in [-0.15, -0.1) is 10.2 Å². The van der Waals surface area contributed by atoms with Gasteiger partial charge >= 0.3 is 0 Å². The van der Waals surface area contributed by atoms with Crippen molar-refractivity contribution in [3.8, 4) is 0 Å². The largest absolute Gasteiger partial charge is 0.309 e. The molecule has 1 aromatic heterocycles. The highest BCUT2D eigenvalue weighted by Gasteiger charge is 2.21. The van der Waals surface area contributed by atoms with E-state index in [-0.39, 0.29) is 0 Å².